The van der Waals surface area contributed by atoms with Crippen molar-refractivity contribution in [1.29, 1.82) is 0 Å². The van der Waals surface area contributed by atoms with Crippen LogP contribution in [0.5, 0.6) is 11.5 Å². The highest BCUT2D eigenvalue weighted by molar-refractivity contribution is 6.08. The van der Waals surface area contributed by atoms with Crippen LogP contribution in [0.2, 0.25) is 0 Å². The maximum Gasteiger partial charge on any atom is 0.250 e. The van der Waals surface area contributed by atoms with Gasteiger partial charge in [0.05, 0.1) is 6.42 Å². The van der Waals surface area contributed by atoms with Gasteiger partial charge in [-0.05, 0) is 82.8 Å². The molecule has 5 heteroatoms. The lowest BCUT2D eigenvalue weighted by Gasteiger charge is -2.10. The zero-order chi connectivity index (χ0) is 22.0. The second kappa shape index (κ2) is 8.58. The number of amides is 1. The number of carbonyl (C=O) groups is 1. The summed E-state index contributed by atoms with van der Waals surface area (Å²) >= 11 is 0. The van der Waals surface area contributed by atoms with E-state index in [1.807, 2.05) is 67.6 Å². The predicted octanol–water partition coefficient (Wildman–Crippen LogP) is 6.18. The van der Waals surface area contributed by atoms with Gasteiger partial charge in [0.1, 0.15) is 17.3 Å². The molecule has 1 N–H and O–H groups in total. The minimum Gasteiger partial charge on any atom is -0.457 e. The first-order valence-corrected chi connectivity index (χ1v) is 9.93. The molecule has 0 aliphatic heterocycles. The van der Waals surface area contributed by atoms with E-state index in [1.165, 1.54) is 19.2 Å². The van der Waals surface area contributed by atoms with Crippen LogP contribution < -0.4 is 4.74 Å². The molecule has 0 saturated heterocycles. The van der Waals surface area contributed by atoms with Crippen molar-refractivity contribution in [3.8, 4) is 11.5 Å². The molecule has 0 fully saturated rings. The average molecular weight is 415 g/mol. The van der Waals surface area contributed by atoms with Crippen LogP contribution in [0.4, 0.5) is 4.39 Å². The molecule has 1 aliphatic carbocycles. The lowest BCUT2D eigenvalue weighted by atomic mass is 10.0. The number of fused-ring (bicyclic) bond motifs is 1. The smallest absolute Gasteiger partial charge is 0.250 e. The SMILES string of the molecule is CC1=C(CC(=O)N(C)O)c2cc(F)ccc2/C1=C\c1cccc(Oc2ccccc2)c1. The molecule has 0 aromatic heterocycles. The topological polar surface area (TPSA) is 49.8 Å². The van der Waals surface area contributed by atoms with Crippen molar-refractivity contribution < 1.29 is 19.1 Å². The van der Waals surface area contributed by atoms with Gasteiger partial charge in [-0.1, -0.05) is 36.4 Å². The number of ether oxygens (including phenoxy) is 1. The van der Waals surface area contributed by atoms with E-state index in [2.05, 4.69) is 0 Å². The largest absolute Gasteiger partial charge is 0.457 e. The van der Waals surface area contributed by atoms with Gasteiger partial charge < -0.3 is 4.74 Å². The zero-order valence-corrected chi connectivity index (χ0v) is 17.3. The van der Waals surface area contributed by atoms with Crippen LogP contribution >= 0.6 is 0 Å². The molecule has 3 aromatic carbocycles. The molecule has 0 atom stereocenters. The van der Waals surface area contributed by atoms with E-state index in [-0.39, 0.29) is 12.2 Å². The normalized spacial score (nSPS) is 14.0. The van der Waals surface area contributed by atoms with E-state index < -0.39 is 5.91 Å². The summed E-state index contributed by atoms with van der Waals surface area (Å²) in [7, 11) is 1.29. The Balaban J connectivity index is 1.72. The maximum absolute atomic E-state index is 14.0. The van der Waals surface area contributed by atoms with Gasteiger partial charge in [-0.15, -0.1) is 0 Å². The number of benzene rings is 3. The number of hydrogen-bond acceptors (Lipinski definition) is 3. The molecule has 0 heterocycles. The number of halogens is 1. The standard InChI is InChI=1S/C26H22FNO3/c1-17-23(14-18-7-6-10-21(13-18)31-20-8-4-3-5-9-20)22-12-11-19(27)15-25(22)24(17)16-26(29)28(2)30/h3-15,30H,16H2,1-2H3/b23-14-. The molecule has 0 spiro atoms. The summed E-state index contributed by atoms with van der Waals surface area (Å²) in [6.45, 7) is 1.91. The Morgan fingerprint density at radius 1 is 1.00 bits per heavy atom. The molecule has 4 rings (SSSR count). The third-order valence-electron chi connectivity index (χ3n) is 5.29. The van der Waals surface area contributed by atoms with Crippen molar-refractivity contribution in [2.75, 3.05) is 7.05 Å². The van der Waals surface area contributed by atoms with Crippen molar-refractivity contribution in [2.45, 2.75) is 13.3 Å². The summed E-state index contributed by atoms with van der Waals surface area (Å²) < 4.78 is 19.9. The van der Waals surface area contributed by atoms with Crippen molar-refractivity contribution in [3.63, 3.8) is 0 Å². The number of allylic oxidation sites excluding steroid dienone is 2. The Morgan fingerprint density at radius 3 is 2.48 bits per heavy atom. The first-order valence-electron chi connectivity index (χ1n) is 9.93. The van der Waals surface area contributed by atoms with Gasteiger partial charge in [0.15, 0.2) is 0 Å². The molecule has 3 aromatic rings. The van der Waals surface area contributed by atoms with Crippen molar-refractivity contribution in [2.24, 2.45) is 0 Å². The van der Waals surface area contributed by atoms with E-state index >= 15 is 0 Å². The zero-order valence-electron chi connectivity index (χ0n) is 17.3. The van der Waals surface area contributed by atoms with Gasteiger partial charge in [0, 0.05) is 7.05 Å². The van der Waals surface area contributed by atoms with Gasteiger partial charge in [0.2, 0.25) is 5.91 Å². The van der Waals surface area contributed by atoms with Crippen LogP contribution in [-0.2, 0) is 4.79 Å². The van der Waals surface area contributed by atoms with Crippen LogP contribution in [0.25, 0.3) is 17.2 Å². The number of hydroxylamine groups is 2. The number of nitrogens with zero attached hydrogens (tertiary/aromatic N) is 1. The average Bonchev–Trinajstić information content (AvgIpc) is 3.00. The highest BCUT2D eigenvalue weighted by Gasteiger charge is 2.26. The van der Waals surface area contributed by atoms with E-state index in [1.54, 1.807) is 6.07 Å². The fourth-order valence-electron chi connectivity index (χ4n) is 3.71. The summed E-state index contributed by atoms with van der Waals surface area (Å²) in [5, 5.41) is 10.0. The van der Waals surface area contributed by atoms with Crippen LogP contribution in [0.15, 0.2) is 78.4 Å². The van der Waals surface area contributed by atoms with E-state index in [9.17, 15) is 14.4 Å². The molecule has 4 nitrogen and oxygen atoms in total. The van der Waals surface area contributed by atoms with Gasteiger partial charge in [0.25, 0.3) is 0 Å². The summed E-state index contributed by atoms with van der Waals surface area (Å²) in [6, 6.07) is 21.8. The molecule has 0 unspecified atom stereocenters. The molecule has 0 bridgehead atoms. The van der Waals surface area contributed by atoms with Crippen molar-refractivity contribution in [3.05, 3.63) is 101 Å². The van der Waals surface area contributed by atoms with Crippen LogP contribution in [0.1, 0.15) is 30.0 Å². The fraction of sp³-hybridized carbons (Fsp3) is 0.115. The Kier molecular flexibility index (Phi) is 5.69. The third-order valence-corrected chi connectivity index (χ3v) is 5.29. The van der Waals surface area contributed by atoms with Crippen molar-refractivity contribution >= 4 is 23.1 Å². The summed E-state index contributed by atoms with van der Waals surface area (Å²) in [6.07, 6.45) is 1.99. The second-order valence-corrected chi connectivity index (χ2v) is 7.43. The molecular weight excluding hydrogens is 393 g/mol. The molecular formula is C26H22FNO3. The molecule has 0 saturated carbocycles. The highest BCUT2D eigenvalue weighted by atomic mass is 19.1. The summed E-state index contributed by atoms with van der Waals surface area (Å²) in [5.74, 6) is 0.633. The van der Waals surface area contributed by atoms with E-state index in [0.717, 1.165) is 28.0 Å². The second-order valence-electron chi connectivity index (χ2n) is 7.43. The van der Waals surface area contributed by atoms with Crippen molar-refractivity contribution in [1.82, 2.24) is 5.06 Å². The lowest BCUT2D eigenvalue weighted by Crippen LogP contribution is -2.22. The van der Waals surface area contributed by atoms with Crippen LogP contribution in [0.3, 0.4) is 0 Å². The predicted molar refractivity (Wildman–Crippen MR) is 119 cm³/mol. The lowest BCUT2D eigenvalue weighted by molar-refractivity contribution is -0.157. The summed E-state index contributed by atoms with van der Waals surface area (Å²) in [5.41, 5.74) is 4.96. The number of carbonyl (C=O) groups excluding carboxylic acids is 1. The quantitative estimate of drug-likeness (QED) is 0.400. The van der Waals surface area contributed by atoms with E-state index in [4.69, 9.17) is 4.74 Å². The van der Waals surface area contributed by atoms with Gasteiger partial charge in [-0.3, -0.25) is 10.0 Å². The number of hydrogen-bond donors (Lipinski definition) is 1. The number of para-hydroxylation sites is 1. The van der Waals surface area contributed by atoms with Gasteiger partial charge >= 0.3 is 0 Å². The molecule has 31 heavy (non-hydrogen) atoms. The first kappa shape index (κ1) is 20.6. The molecule has 0 radical (unpaired) electrons. The van der Waals surface area contributed by atoms with E-state index in [0.29, 0.717) is 21.9 Å². The Hall–Kier alpha value is -3.70. The Morgan fingerprint density at radius 2 is 1.74 bits per heavy atom. The van der Waals surface area contributed by atoms with Crippen LogP contribution in [0, 0.1) is 5.82 Å². The highest BCUT2D eigenvalue weighted by Crippen LogP contribution is 2.44. The Bertz CT molecular complexity index is 1200. The molecule has 1 aliphatic rings. The minimum absolute atomic E-state index is 0.0101. The summed E-state index contributed by atoms with van der Waals surface area (Å²) in [4.78, 5) is 12.1. The fourth-order valence-corrected chi connectivity index (χ4v) is 3.71. The number of rotatable bonds is 5. The molecule has 156 valence electrons. The Labute approximate surface area is 180 Å². The molecule has 1 amide bonds. The minimum atomic E-state index is -0.455. The van der Waals surface area contributed by atoms with Crippen LogP contribution in [-0.4, -0.2) is 23.2 Å². The first-order chi connectivity index (χ1) is 14.9. The third kappa shape index (κ3) is 4.42. The maximum atomic E-state index is 14.0. The van der Waals surface area contributed by atoms with Gasteiger partial charge in [-0.25, -0.2) is 9.45 Å². The van der Waals surface area contributed by atoms with Gasteiger partial charge in [-0.2, -0.15) is 0 Å². The monoisotopic (exact) mass is 415 g/mol.